The molecule has 0 radical (unpaired) electrons. The molecular formula is C15H18FN3O. The van der Waals surface area contributed by atoms with E-state index in [1.165, 1.54) is 12.1 Å². The first kappa shape index (κ1) is 13.1. The molecule has 0 bridgehead atoms. The summed E-state index contributed by atoms with van der Waals surface area (Å²) in [5, 5.41) is 7.57. The Morgan fingerprint density at radius 2 is 2.20 bits per heavy atom. The van der Waals surface area contributed by atoms with Gasteiger partial charge in [-0.3, -0.25) is 4.68 Å². The smallest absolute Gasteiger partial charge is 0.157 e. The number of piperidine rings is 1. The van der Waals surface area contributed by atoms with Crippen molar-refractivity contribution in [2.75, 3.05) is 13.1 Å². The van der Waals surface area contributed by atoms with Gasteiger partial charge in [0.15, 0.2) is 5.75 Å². The zero-order chi connectivity index (χ0) is 13.8. The lowest BCUT2D eigenvalue weighted by Crippen LogP contribution is -2.34. The monoisotopic (exact) mass is 275 g/mol. The summed E-state index contributed by atoms with van der Waals surface area (Å²) in [6, 6.07) is 6.56. The fraction of sp³-hybridized carbons (Fsp3) is 0.400. The highest BCUT2D eigenvalue weighted by atomic mass is 19.1. The van der Waals surface area contributed by atoms with E-state index in [0.717, 1.165) is 37.2 Å². The fourth-order valence-electron chi connectivity index (χ4n) is 2.42. The van der Waals surface area contributed by atoms with Crippen LogP contribution in [-0.4, -0.2) is 29.0 Å². The summed E-state index contributed by atoms with van der Waals surface area (Å²) >= 11 is 0. The lowest BCUT2D eigenvalue weighted by Gasteiger charge is -2.22. The standard InChI is InChI=1S/C15H18FN3O/c16-13-3-1-2-12(8-13)10-19-11-15(9-18-19)20-14-4-6-17-7-5-14/h1-3,8-9,11,14,17H,4-7,10H2. The third-order valence-corrected chi connectivity index (χ3v) is 3.43. The number of benzene rings is 1. The molecule has 4 nitrogen and oxygen atoms in total. The third-order valence-electron chi connectivity index (χ3n) is 3.43. The third kappa shape index (κ3) is 3.36. The van der Waals surface area contributed by atoms with E-state index >= 15 is 0 Å². The number of aromatic nitrogens is 2. The van der Waals surface area contributed by atoms with Gasteiger partial charge in [0, 0.05) is 0 Å². The van der Waals surface area contributed by atoms with Crippen molar-refractivity contribution in [2.24, 2.45) is 0 Å². The van der Waals surface area contributed by atoms with Crippen LogP contribution in [0.25, 0.3) is 0 Å². The summed E-state index contributed by atoms with van der Waals surface area (Å²) < 4.78 is 20.8. The van der Waals surface area contributed by atoms with Gasteiger partial charge >= 0.3 is 0 Å². The zero-order valence-corrected chi connectivity index (χ0v) is 11.3. The van der Waals surface area contributed by atoms with Gasteiger partial charge in [0.1, 0.15) is 11.9 Å². The van der Waals surface area contributed by atoms with Crippen molar-refractivity contribution in [3.8, 4) is 5.75 Å². The molecule has 1 N–H and O–H groups in total. The molecule has 0 spiro atoms. The van der Waals surface area contributed by atoms with Crippen LogP contribution in [0.2, 0.25) is 0 Å². The van der Waals surface area contributed by atoms with Crippen molar-refractivity contribution in [1.82, 2.24) is 15.1 Å². The van der Waals surface area contributed by atoms with Crippen LogP contribution in [0.5, 0.6) is 5.75 Å². The maximum atomic E-state index is 13.1. The Hall–Kier alpha value is -1.88. The molecule has 1 saturated heterocycles. The van der Waals surface area contributed by atoms with Crippen LogP contribution in [0.3, 0.4) is 0 Å². The molecule has 2 heterocycles. The van der Waals surface area contributed by atoms with Gasteiger partial charge in [-0.2, -0.15) is 5.10 Å². The second-order valence-electron chi connectivity index (χ2n) is 5.07. The Morgan fingerprint density at radius 3 is 3.00 bits per heavy atom. The quantitative estimate of drug-likeness (QED) is 0.929. The van der Waals surface area contributed by atoms with Gasteiger partial charge in [-0.05, 0) is 43.6 Å². The first-order valence-corrected chi connectivity index (χ1v) is 6.94. The molecule has 1 aliphatic rings. The second-order valence-corrected chi connectivity index (χ2v) is 5.07. The van der Waals surface area contributed by atoms with Gasteiger partial charge in [-0.1, -0.05) is 12.1 Å². The van der Waals surface area contributed by atoms with Crippen molar-refractivity contribution < 1.29 is 9.13 Å². The summed E-state index contributed by atoms with van der Waals surface area (Å²) in [5.74, 6) is 0.564. The summed E-state index contributed by atoms with van der Waals surface area (Å²) in [5.41, 5.74) is 0.890. The van der Waals surface area contributed by atoms with Crippen LogP contribution in [0, 0.1) is 5.82 Å². The van der Waals surface area contributed by atoms with Crippen molar-refractivity contribution in [1.29, 1.82) is 0 Å². The van der Waals surface area contributed by atoms with E-state index in [4.69, 9.17) is 4.74 Å². The molecule has 5 heteroatoms. The van der Waals surface area contributed by atoms with Crippen LogP contribution in [0.15, 0.2) is 36.7 Å². The fourth-order valence-corrected chi connectivity index (χ4v) is 2.42. The molecule has 20 heavy (non-hydrogen) atoms. The number of hydrogen-bond acceptors (Lipinski definition) is 3. The average molecular weight is 275 g/mol. The van der Waals surface area contributed by atoms with E-state index in [-0.39, 0.29) is 11.9 Å². The Labute approximate surface area is 117 Å². The van der Waals surface area contributed by atoms with Gasteiger partial charge in [0.2, 0.25) is 0 Å². The first-order valence-electron chi connectivity index (χ1n) is 6.94. The van der Waals surface area contributed by atoms with E-state index in [2.05, 4.69) is 10.4 Å². The molecule has 106 valence electrons. The molecule has 2 aromatic rings. The Kier molecular flexibility index (Phi) is 3.97. The maximum Gasteiger partial charge on any atom is 0.157 e. The number of nitrogens with zero attached hydrogens (tertiary/aromatic N) is 2. The summed E-state index contributed by atoms with van der Waals surface area (Å²) in [6.45, 7) is 2.55. The minimum absolute atomic E-state index is 0.221. The van der Waals surface area contributed by atoms with Crippen molar-refractivity contribution in [3.05, 3.63) is 48.0 Å². The lowest BCUT2D eigenvalue weighted by atomic mass is 10.1. The average Bonchev–Trinajstić information content (AvgIpc) is 2.87. The summed E-state index contributed by atoms with van der Waals surface area (Å²) in [6.07, 6.45) is 5.90. The number of hydrogen-bond donors (Lipinski definition) is 1. The Balaban J connectivity index is 1.61. The zero-order valence-electron chi connectivity index (χ0n) is 11.3. The van der Waals surface area contributed by atoms with Crippen LogP contribution in [0.1, 0.15) is 18.4 Å². The molecular weight excluding hydrogens is 257 g/mol. The van der Waals surface area contributed by atoms with Gasteiger partial charge < -0.3 is 10.1 Å². The molecule has 0 atom stereocenters. The highest BCUT2D eigenvalue weighted by Crippen LogP contribution is 2.16. The molecule has 0 amide bonds. The van der Waals surface area contributed by atoms with E-state index in [0.29, 0.717) is 6.54 Å². The Morgan fingerprint density at radius 1 is 1.35 bits per heavy atom. The number of rotatable bonds is 4. The van der Waals surface area contributed by atoms with Gasteiger partial charge in [-0.25, -0.2) is 4.39 Å². The normalized spacial score (nSPS) is 16.2. The minimum Gasteiger partial charge on any atom is -0.487 e. The Bertz CT molecular complexity index is 564. The van der Waals surface area contributed by atoms with E-state index in [1.807, 2.05) is 12.3 Å². The number of nitrogens with one attached hydrogen (secondary N) is 1. The highest BCUT2D eigenvalue weighted by molar-refractivity contribution is 5.18. The van der Waals surface area contributed by atoms with Crippen molar-refractivity contribution >= 4 is 0 Å². The molecule has 1 aromatic heterocycles. The molecule has 1 aliphatic heterocycles. The number of ether oxygens (including phenoxy) is 1. The van der Waals surface area contributed by atoms with Gasteiger partial charge in [0.25, 0.3) is 0 Å². The van der Waals surface area contributed by atoms with E-state index < -0.39 is 0 Å². The predicted molar refractivity (Wildman–Crippen MR) is 74.2 cm³/mol. The topological polar surface area (TPSA) is 39.1 Å². The summed E-state index contributed by atoms with van der Waals surface area (Å²) in [7, 11) is 0. The second kappa shape index (κ2) is 6.05. The van der Waals surface area contributed by atoms with Crippen LogP contribution in [0.4, 0.5) is 4.39 Å². The van der Waals surface area contributed by atoms with Crippen LogP contribution in [-0.2, 0) is 6.54 Å². The molecule has 0 aliphatic carbocycles. The van der Waals surface area contributed by atoms with Crippen LogP contribution < -0.4 is 10.1 Å². The predicted octanol–water partition coefficient (Wildman–Crippen LogP) is 2.20. The van der Waals surface area contributed by atoms with Gasteiger partial charge in [-0.15, -0.1) is 0 Å². The van der Waals surface area contributed by atoms with Crippen LogP contribution >= 0.6 is 0 Å². The SMILES string of the molecule is Fc1cccc(Cn2cc(OC3CCNCC3)cn2)c1. The number of halogens is 1. The maximum absolute atomic E-state index is 13.1. The summed E-state index contributed by atoms with van der Waals surface area (Å²) in [4.78, 5) is 0. The molecule has 1 fully saturated rings. The minimum atomic E-state index is -0.221. The molecule has 3 rings (SSSR count). The largest absolute Gasteiger partial charge is 0.487 e. The van der Waals surface area contributed by atoms with E-state index in [1.54, 1.807) is 16.9 Å². The van der Waals surface area contributed by atoms with Crippen molar-refractivity contribution in [3.63, 3.8) is 0 Å². The van der Waals surface area contributed by atoms with Crippen molar-refractivity contribution in [2.45, 2.75) is 25.5 Å². The van der Waals surface area contributed by atoms with Gasteiger partial charge in [0.05, 0.1) is 18.9 Å². The highest BCUT2D eigenvalue weighted by Gasteiger charge is 2.15. The molecule has 1 aromatic carbocycles. The first-order chi connectivity index (χ1) is 9.79. The molecule has 0 saturated carbocycles. The van der Waals surface area contributed by atoms with E-state index in [9.17, 15) is 4.39 Å². The lowest BCUT2D eigenvalue weighted by molar-refractivity contribution is 0.162. The molecule has 0 unspecified atom stereocenters.